The Labute approximate surface area is 85.7 Å². The maximum Gasteiger partial charge on any atom is 0.151 e. The van der Waals surface area contributed by atoms with Crippen molar-refractivity contribution in [2.45, 2.75) is 6.42 Å². The van der Waals surface area contributed by atoms with Crippen molar-refractivity contribution < 1.29 is 4.79 Å². The van der Waals surface area contributed by atoms with Gasteiger partial charge in [0, 0.05) is 10.6 Å². The third kappa shape index (κ3) is 2.21. The van der Waals surface area contributed by atoms with Crippen LogP contribution in [0.2, 0.25) is 10.0 Å². The fraction of sp³-hybridized carbons (Fsp3) is 0.111. The van der Waals surface area contributed by atoms with Crippen molar-refractivity contribution in [2.75, 3.05) is 0 Å². The van der Waals surface area contributed by atoms with E-state index in [2.05, 4.69) is 0 Å². The molecule has 0 N–H and O–H groups in total. The number of hydrogen-bond acceptors (Lipinski definition) is 2. The van der Waals surface area contributed by atoms with Crippen LogP contribution < -0.4 is 0 Å². The number of halogens is 2. The molecule has 66 valence electrons. The molecular formula is C9H5Cl2NO. The van der Waals surface area contributed by atoms with Crippen molar-refractivity contribution in [3.8, 4) is 6.07 Å². The number of nitriles is 1. The second-order valence-electron chi connectivity index (χ2n) is 2.42. The largest absolute Gasteiger partial charge is 0.298 e. The number of benzene rings is 1. The van der Waals surface area contributed by atoms with Crippen LogP contribution in [0.1, 0.15) is 15.9 Å². The van der Waals surface area contributed by atoms with Crippen LogP contribution in [-0.2, 0) is 6.42 Å². The van der Waals surface area contributed by atoms with E-state index in [1.165, 1.54) is 12.1 Å². The molecule has 0 radical (unpaired) electrons. The minimum absolute atomic E-state index is 0.192. The molecule has 1 aromatic carbocycles. The van der Waals surface area contributed by atoms with Gasteiger partial charge in [0.25, 0.3) is 0 Å². The second kappa shape index (κ2) is 4.27. The highest BCUT2D eigenvalue weighted by molar-refractivity contribution is 6.35. The number of carbonyl (C=O) groups excluding carboxylic acids is 1. The molecule has 0 saturated heterocycles. The highest BCUT2D eigenvalue weighted by Crippen LogP contribution is 2.24. The summed E-state index contributed by atoms with van der Waals surface area (Å²) in [4.78, 5) is 10.4. The van der Waals surface area contributed by atoms with Crippen molar-refractivity contribution in [3.63, 3.8) is 0 Å². The Morgan fingerprint density at radius 1 is 1.38 bits per heavy atom. The Hall–Kier alpha value is -1.04. The average molecular weight is 214 g/mol. The van der Waals surface area contributed by atoms with E-state index in [9.17, 15) is 4.79 Å². The maximum atomic E-state index is 10.4. The highest BCUT2D eigenvalue weighted by Gasteiger charge is 2.05. The maximum absolute atomic E-state index is 10.4. The van der Waals surface area contributed by atoms with Crippen LogP contribution in [0.3, 0.4) is 0 Å². The van der Waals surface area contributed by atoms with Crippen LogP contribution in [0, 0.1) is 11.3 Å². The summed E-state index contributed by atoms with van der Waals surface area (Å²) in [6, 6.07) is 4.96. The molecule has 0 atom stereocenters. The van der Waals surface area contributed by atoms with E-state index in [4.69, 9.17) is 28.5 Å². The standard InChI is InChI=1S/C9H5Cl2NO/c10-8-4-7(5-13)9(11)3-6(8)1-2-12/h3-5H,1H2. The first kappa shape index (κ1) is 10.0. The third-order valence-corrected chi connectivity index (χ3v) is 2.24. The number of nitrogens with zero attached hydrogens (tertiary/aromatic N) is 1. The summed E-state index contributed by atoms with van der Waals surface area (Å²) in [5, 5.41) is 9.16. The Balaban J connectivity index is 3.21. The predicted octanol–water partition coefficient (Wildman–Crippen LogP) is 2.87. The Morgan fingerprint density at radius 3 is 2.62 bits per heavy atom. The van der Waals surface area contributed by atoms with E-state index in [-0.39, 0.29) is 6.42 Å². The molecule has 0 heterocycles. The van der Waals surface area contributed by atoms with E-state index in [1.807, 2.05) is 6.07 Å². The van der Waals surface area contributed by atoms with Gasteiger partial charge in [-0.2, -0.15) is 5.26 Å². The van der Waals surface area contributed by atoms with Gasteiger partial charge in [0.15, 0.2) is 6.29 Å². The number of carbonyl (C=O) groups is 1. The molecule has 0 fully saturated rings. The zero-order valence-corrected chi connectivity index (χ0v) is 8.06. The van der Waals surface area contributed by atoms with E-state index < -0.39 is 0 Å². The Bertz CT molecular complexity index is 382. The number of rotatable bonds is 2. The third-order valence-electron chi connectivity index (χ3n) is 1.56. The monoisotopic (exact) mass is 213 g/mol. The zero-order chi connectivity index (χ0) is 9.84. The summed E-state index contributed by atoms with van der Waals surface area (Å²) in [7, 11) is 0. The minimum Gasteiger partial charge on any atom is -0.298 e. The fourth-order valence-corrected chi connectivity index (χ4v) is 1.38. The van der Waals surface area contributed by atoms with Gasteiger partial charge < -0.3 is 0 Å². The normalized spacial score (nSPS) is 9.31. The van der Waals surface area contributed by atoms with Crippen LogP contribution >= 0.6 is 23.2 Å². The molecule has 0 aliphatic rings. The lowest BCUT2D eigenvalue weighted by molar-refractivity contribution is 0.112. The first-order chi connectivity index (χ1) is 6.19. The first-order valence-electron chi connectivity index (χ1n) is 3.49. The Morgan fingerprint density at radius 2 is 2.08 bits per heavy atom. The van der Waals surface area contributed by atoms with Gasteiger partial charge in [-0.25, -0.2) is 0 Å². The van der Waals surface area contributed by atoms with Crippen molar-refractivity contribution in [3.05, 3.63) is 33.3 Å². The SMILES string of the molecule is N#CCc1cc(Cl)c(C=O)cc1Cl. The van der Waals surface area contributed by atoms with E-state index in [0.717, 1.165) is 0 Å². The lowest BCUT2D eigenvalue weighted by Gasteiger charge is -2.02. The van der Waals surface area contributed by atoms with Gasteiger partial charge in [0.2, 0.25) is 0 Å². The first-order valence-corrected chi connectivity index (χ1v) is 4.24. The van der Waals surface area contributed by atoms with Gasteiger partial charge in [-0.1, -0.05) is 23.2 Å². The highest BCUT2D eigenvalue weighted by atomic mass is 35.5. The lowest BCUT2D eigenvalue weighted by atomic mass is 10.1. The molecule has 0 bridgehead atoms. The van der Waals surface area contributed by atoms with Crippen LogP contribution in [-0.4, -0.2) is 6.29 Å². The molecular weight excluding hydrogens is 209 g/mol. The molecule has 0 unspecified atom stereocenters. The van der Waals surface area contributed by atoms with Crippen molar-refractivity contribution in [2.24, 2.45) is 0 Å². The molecule has 0 spiro atoms. The van der Waals surface area contributed by atoms with Gasteiger partial charge in [-0.05, 0) is 17.7 Å². The second-order valence-corrected chi connectivity index (χ2v) is 3.23. The quantitative estimate of drug-likeness (QED) is 0.710. The molecule has 1 aromatic rings. The molecule has 0 aliphatic carbocycles. The smallest absolute Gasteiger partial charge is 0.151 e. The van der Waals surface area contributed by atoms with Crippen molar-refractivity contribution in [1.29, 1.82) is 5.26 Å². The van der Waals surface area contributed by atoms with Gasteiger partial charge in [0.05, 0.1) is 17.5 Å². The summed E-state index contributed by atoms with van der Waals surface area (Å²) in [6.45, 7) is 0. The summed E-state index contributed by atoms with van der Waals surface area (Å²) < 4.78 is 0. The van der Waals surface area contributed by atoms with Crippen LogP contribution in [0.4, 0.5) is 0 Å². The van der Waals surface area contributed by atoms with Crippen molar-refractivity contribution in [1.82, 2.24) is 0 Å². The average Bonchev–Trinajstić information content (AvgIpc) is 2.11. The summed E-state index contributed by atoms with van der Waals surface area (Å²) in [6.07, 6.45) is 0.821. The van der Waals surface area contributed by atoms with Gasteiger partial charge in [-0.3, -0.25) is 4.79 Å². The van der Waals surface area contributed by atoms with E-state index in [1.54, 1.807) is 0 Å². The van der Waals surface area contributed by atoms with E-state index >= 15 is 0 Å². The number of aldehydes is 1. The molecule has 13 heavy (non-hydrogen) atoms. The molecule has 0 saturated carbocycles. The lowest BCUT2D eigenvalue weighted by Crippen LogP contribution is -1.88. The predicted molar refractivity (Wildman–Crippen MR) is 51.2 cm³/mol. The van der Waals surface area contributed by atoms with Crippen LogP contribution in [0.25, 0.3) is 0 Å². The number of hydrogen-bond donors (Lipinski definition) is 0. The minimum atomic E-state index is 0.192. The molecule has 0 aliphatic heterocycles. The molecule has 0 amide bonds. The molecule has 1 rings (SSSR count). The van der Waals surface area contributed by atoms with Gasteiger partial charge in [-0.15, -0.1) is 0 Å². The molecule has 0 aromatic heterocycles. The van der Waals surface area contributed by atoms with E-state index in [0.29, 0.717) is 27.5 Å². The molecule has 4 heteroatoms. The van der Waals surface area contributed by atoms with Gasteiger partial charge in [0.1, 0.15) is 0 Å². The van der Waals surface area contributed by atoms with Crippen LogP contribution in [0.15, 0.2) is 12.1 Å². The summed E-state index contributed by atoms with van der Waals surface area (Å²) >= 11 is 11.5. The van der Waals surface area contributed by atoms with Crippen LogP contribution in [0.5, 0.6) is 0 Å². The fourth-order valence-electron chi connectivity index (χ4n) is 0.914. The molecule has 2 nitrogen and oxygen atoms in total. The summed E-state index contributed by atoms with van der Waals surface area (Å²) in [5.74, 6) is 0. The van der Waals surface area contributed by atoms with Crippen molar-refractivity contribution >= 4 is 29.5 Å². The summed E-state index contributed by atoms with van der Waals surface area (Å²) in [5.41, 5.74) is 0.980. The Kier molecular flexibility index (Phi) is 3.30. The topological polar surface area (TPSA) is 40.9 Å². The zero-order valence-electron chi connectivity index (χ0n) is 6.55. The van der Waals surface area contributed by atoms with Gasteiger partial charge >= 0.3 is 0 Å².